The molecule has 88 valence electrons. The molecule has 0 unspecified atom stereocenters. The summed E-state index contributed by atoms with van der Waals surface area (Å²) in [6, 6.07) is 1.78. The molecule has 0 radical (unpaired) electrons. The lowest BCUT2D eigenvalue weighted by Crippen LogP contribution is -2.11. The second-order valence-corrected chi connectivity index (χ2v) is 4.05. The highest BCUT2D eigenvalue weighted by Crippen LogP contribution is 2.33. The van der Waals surface area contributed by atoms with Crippen molar-refractivity contribution in [3.05, 3.63) is 27.8 Å². The van der Waals surface area contributed by atoms with E-state index in [4.69, 9.17) is 22.1 Å². The van der Waals surface area contributed by atoms with Gasteiger partial charge in [-0.1, -0.05) is 11.6 Å². The van der Waals surface area contributed by atoms with Crippen LogP contribution >= 0.6 is 11.6 Å². The lowest BCUT2D eigenvalue weighted by atomic mass is 9.97. The van der Waals surface area contributed by atoms with Gasteiger partial charge in [0.25, 0.3) is 0 Å². The van der Waals surface area contributed by atoms with Gasteiger partial charge in [0.2, 0.25) is 0 Å². The first kappa shape index (κ1) is 13.0. The van der Waals surface area contributed by atoms with Crippen molar-refractivity contribution in [3.8, 4) is 5.75 Å². The van der Waals surface area contributed by atoms with E-state index in [9.17, 15) is 4.79 Å². The third-order valence-corrected chi connectivity index (χ3v) is 3.00. The third-order valence-electron chi connectivity index (χ3n) is 2.53. The number of Topliss-reactive ketones (excluding diaryl/α,β-unsaturated/α-hetero) is 1. The van der Waals surface area contributed by atoms with Crippen LogP contribution in [0.15, 0.2) is 6.07 Å². The molecular weight excluding hydrogens is 226 g/mol. The Kier molecular flexibility index (Phi) is 4.33. The quantitative estimate of drug-likeness (QED) is 0.824. The van der Waals surface area contributed by atoms with Gasteiger partial charge in [-0.25, -0.2) is 0 Å². The van der Waals surface area contributed by atoms with Crippen molar-refractivity contribution in [1.82, 2.24) is 0 Å². The van der Waals surface area contributed by atoms with Crippen LogP contribution in [0.1, 0.15) is 27.9 Å². The Hall–Kier alpha value is -1.06. The molecule has 0 fully saturated rings. The number of carbonyl (C=O) groups excluding carboxylic acids is 1. The van der Waals surface area contributed by atoms with Gasteiger partial charge in [0.15, 0.2) is 5.78 Å². The van der Waals surface area contributed by atoms with E-state index < -0.39 is 0 Å². The number of benzene rings is 1. The molecule has 0 aromatic heterocycles. The fourth-order valence-electron chi connectivity index (χ4n) is 1.76. The van der Waals surface area contributed by atoms with Gasteiger partial charge < -0.3 is 10.5 Å². The third kappa shape index (κ3) is 2.36. The van der Waals surface area contributed by atoms with E-state index in [-0.39, 0.29) is 5.78 Å². The van der Waals surface area contributed by atoms with Crippen molar-refractivity contribution in [2.75, 3.05) is 13.7 Å². The topological polar surface area (TPSA) is 52.3 Å². The minimum absolute atomic E-state index is 0.0297. The molecule has 0 aliphatic heterocycles. The zero-order valence-corrected chi connectivity index (χ0v) is 10.5. The molecule has 0 bridgehead atoms. The zero-order valence-electron chi connectivity index (χ0n) is 9.76. The number of hydrogen-bond donors (Lipinski definition) is 1. The second kappa shape index (κ2) is 5.32. The van der Waals surface area contributed by atoms with Gasteiger partial charge in [0.05, 0.1) is 12.1 Å². The standard InChI is InChI=1S/C12H16ClNO2/c1-7-6-10(16-3)12(13)8(2)11(7)9(15)4-5-14/h6H,4-5,14H2,1-3H3. The van der Waals surface area contributed by atoms with Crippen LogP contribution in [0.4, 0.5) is 0 Å². The average molecular weight is 242 g/mol. The lowest BCUT2D eigenvalue weighted by molar-refractivity contribution is 0.0984. The molecule has 1 aromatic carbocycles. The molecule has 2 N–H and O–H groups in total. The summed E-state index contributed by atoms with van der Waals surface area (Å²) in [7, 11) is 1.56. The first-order valence-electron chi connectivity index (χ1n) is 5.09. The highest BCUT2D eigenvalue weighted by molar-refractivity contribution is 6.33. The molecule has 0 spiro atoms. The highest BCUT2D eigenvalue weighted by atomic mass is 35.5. The van der Waals surface area contributed by atoms with Gasteiger partial charge in [0.1, 0.15) is 5.75 Å². The number of aryl methyl sites for hydroxylation is 1. The Balaban J connectivity index is 3.30. The molecule has 0 heterocycles. The number of methoxy groups -OCH3 is 1. The van der Waals surface area contributed by atoms with Gasteiger partial charge in [-0.2, -0.15) is 0 Å². The van der Waals surface area contributed by atoms with Gasteiger partial charge >= 0.3 is 0 Å². The van der Waals surface area contributed by atoms with Crippen molar-refractivity contribution in [2.45, 2.75) is 20.3 Å². The van der Waals surface area contributed by atoms with E-state index in [1.807, 2.05) is 13.8 Å². The number of ketones is 1. The largest absolute Gasteiger partial charge is 0.495 e. The van der Waals surface area contributed by atoms with Crippen LogP contribution in [0.3, 0.4) is 0 Å². The molecule has 0 amide bonds. The maximum atomic E-state index is 11.9. The normalized spacial score (nSPS) is 10.3. The summed E-state index contributed by atoms with van der Waals surface area (Å²) in [4.78, 5) is 11.9. The highest BCUT2D eigenvalue weighted by Gasteiger charge is 2.17. The monoisotopic (exact) mass is 241 g/mol. The van der Waals surface area contributed by atoms with Crippen molar-refractivity contribution >= 4 is 17.4 Å². The van der Waals surface area contributed by atoms with Crippen molar-refractivity contribution < 1.29 is 9.53 Å². The van der Waals surface area contributed by atoms with Gasteiger partial charge in [-0.3, -0.25) is 4.79 Å². The minimum atomic E-state index is 0.0297. The predicted molar refractivity (Wildman–Crippen MR) is 65.5 cm³/mol. The van der Waals surface area contributed by atoms with E-state index in [1.165, 1.54) is 0 Å². The van der Waals surface area contributed by atoms with Crippen LogP contribution in [0, 0.1) is 13.8 Å². The van der Waals surface area contributed by atoms with Crippen LogP contribution < -0.4 is 10.5 Å². The Morgan fingerprint density at radius 1 is 1.50 bits per heavy atom. The molecule has 4 heteroatoms. The summed E-state index contributed by atoms with van der Waals surface area (Å²) in [6.07, 6.45) is 0.338. The molecule has 0 aliphatic rings. The van der Waals surface area contributed by atoms with Crippen molar-refractivity contribution in [1.29, 1.82) is 0 Å². The molecule has 3 nitrogen and oxygen atoms in total. The fourth-order valence-corrected chi connectivity index (χ4v) is 1.98. The molecular formula is C12H16ClNO2. The SMILES string of the molecule is COc1cc(C)c(C(=O)CCN)c(C)c1Cl. The van der Waals surface area contributed by atoms with Crippen LogP contribution in [0.5, 0.6) is 5.75 Å². The van der Waals surface area contributed by atoms with Crippen LogP contribution in [-0.4, -0.2) is 19.4 Å². The lowest BCUT2D eigenvalue weighted by Gasteiger charge is -2.13. The molecule has 1 aromatic rings. The number of halogens is 1. The maximum absolute atomic E-state index is 11.9. The molecule has 1 rings (SSSR count). The Bertz CT molecular complexity index is 416. The molecule has 0 saturated heterocycles. The van der Waals surface area contributed by atoms with Crippen LogP contribution in [0.2, 0.25) is 5.02 Å². The Morgan fingerprint density at radius 3 is 2.62 bits per heavy atom. The van der Waals surface area contributed by atoms with E-state index >= 15 is 0 Å². The van der Waals surface area contributed by atoms with E-state index in [2.05, 4.69) is 0 Å². The summed E-state index contributed by atoms with van der Waals surface area (Å²) >= 11 is 6.11. The second-order valence-electron chi connectivity index (χ2n) is 3.67. The minimum Gasteiger partial charge on any atom is -0.495 e. The van der Waals surface area contributed by atoms with Crippen molar-refractivity contribution in [2.24, 2.45) is 5.73 Å². The molecule has 16 heavy (non-hydrogen) atoms. The number of rotatable bonds is 4. The molecule has 0 atom stereocenters. The Labute approximate surface area is 101 Å². The Morgan fingerprint density at radius 2 is 2.12 bits per heavy atom. The predicted octanol–water partition coefficient (Wildman–Crippen LogP) is 2.50. The van der Waals surface area contributed by atoms with Crippen molar-refractivity contribution in [3.63, 3.8) is 0 Å². The summed E-state index contributed by atoms with van der Waals surface area (Å²) < 4.78 is 5.13. The van der Waals surface area contributed by atoms with Crippen LogP contribution in [-0.2, 0) is 0 Å². The smallest absolute Gasteiger partial charge is 0.164 e. The number of nitrogens with two attached hydrogens (primary N) is 1. The maximum Gasteiger partial charge on any atom is 0.164 e. The average Bonchev–Trinajstić information content (AvgIpc) is 2.24. The van der Waals surface area contributed by atoms with Gasteiger partial charge in [-0.15, -0.1) is 0 Å². The number of carbonyl (C=O) groups is 1. The first-order valence-corrected chi connectivity index (χ1v) is 5.47. The zero-order chi connectivity index (χ0) is 12.3. The fraction of sp³-hybridized carbons (Fsp3) is 0.417. The summed E-state index contributed by atoms with van der Waals surface area (Å²) in [6.45, 7) is 4.04. The van der Waals surface area contributed by atoms with Gasteiger partial charge in [0, 0.05) is 12.0 Å². The summed E-state index contributed by atoms with van der Waals surface area (Å²) in [5.41, 5.74) is 7.68. The molecule has 0 aliphatic carbocycles. The van der Waals surface area contributed by atoms with E-state index in [0.717, 1.165) is 11.1 Å². The van der Waals surface area contributed by atoms with E-state index in [1.54, 1.807) is 13.2 Å². The number of ether oxygens (including phenoxy) is 1. The summed E-state index contributed by atoms with van der Waals surface area (Å²) in [5.74, 6) is 0.628. The first-order chi connectivity index (χ1) is 7.52. The van der Waals surface area contributed by atoms with E-state index in [0.29, 0.717) is 29.3 Å². The molecule has 0 saturated carbocycles. The summed E-state index contributed by atoms with van der Waals surface area (Å²) in [5, 5.41) is 0.494. The number of hydrogen-bond acceptors (Lipinski definition) is 3. The van der Waals surface area contributed by atoms with Crippen LogP contribution in [0.25, 0.3) is 0 Å². The van der Waals surface area contributed by atoms with Gasteiger partial charge in [-0.05, 0) is 37.6 Å².